The number of benzene rings is 1. The van der Waals surface area contributed by atoms with Gasteiger partial charge in [-0.25, -0.2) is 13.4 Å². The molecule has 0 atom stereocenters. The summed E-state index contributed by atoms with van der Waals surface area (Å²) in [6, 6.07) is 9.52. The molecule has 1 aromatic heterocycles. The van der Waals surface area contributed by atoms with Gasteiger partial charge in [0.15, 0.2) is 0 Å². The molecule has 126 valence electrons. The Hall–Kier alpha value is -1.83. The molecule has 1 saturated heterocycles. The van der Waals surface area contributed by atoms with Gasteiger partial charge in [0.1, 0.15) is 10.8 Å². The quantitative estimate of drug-likeness (QED) is 0.822. The molecular weight excluding hydrogens is 373 g/mol. The van der Waals surface area contributed by atoms with Gasteiger partial charge in [0.2, 0.25) is 10.0 Å². The van der Waals surface area contributed by atoms with Gasteiger partial charge in [0, 0.05) is 12.2 Å². The lowest BCUT2D eigenvalue weighted by atomic mass is 10.2. The molecule has 3 rings (SSSR count). The summed E-state index contributed by atoms with van der Waals surface area (Å²) in [5.74, 6) is -0.339. The number of amides is 1. The molecule has 0 spiro atoms. The van der Waals surface area contributed by atoms with Crippen molar-refractivity contribution in [2.24, 2.45) is 0 Å². The summed E-state index contributed by atoms with van der Waals surface area (Å²) < 4.78 is 25.2. The highest BCUT2D eigenvalue weighted by Gasteiger charge is 2.28. The van der Waals surface area contributed by atoms with Crippen molar-refractivity contribution in [1.82, 2.24) is 4.98 Å². The second-order valence-corrected chi connectivity index (χ2v) is 8.01. The molecule has 0 saturated carbocycles. The number of rotatable bonds is 3. The van der Waals surface area contributed by atoms with Crippen LogP contribution in [0.1, 0.15) is 16.9 Å². The number of anilines is 2. The standard InChI is InChI=1S/C15H13Cl2N3O3S/c16-12-6-7-13(17)19-14(12)15(21)18-10-2-4-11(5-3-10)20-8-1-9-24(20,22)23/h2-7H,1,8-9H2,(H,18,21). The third-order valence-corrected chi connectivity index (χ3v) is 5.92. The Morgan fingerprint density at radius 2 is 1.83 bits per heavy atom. The van der Waals surface area contributed by atoms with E-state index >= 15 is 0 Å². The lowest BCUT2D eigenvalue weighted by Gasteiger charge is -2.17. The number of sulfonamides is 1. The van der Waals surface area contributed by atoms with Crippen molar-refractivity contribution >= 4 is 50.5 Å². The highest BCUT2D eigenvalue weighted by atomic mass is 35.5. The number of carbonyl (C=O) groups is 1. The van der Waals surface area contributed by atoms with Crippen LogP contribution in [0.25, 0.3) is 0 Å². The maximum absolute atomic E-state index is 12.2. The van der Waals surface area contributed by atoms with Crippen molar-refractivity contribution < 1.29 is 13.2 Å². The van der Waals surface area contributed by atoms with E-state index in [1.54, 1.807) is 24.3 Å². The Balaban J connectivity index is 1.77. The van der Waals surface area contributed by atoms with Gasteiger partial charge in [-0.05, 0) is 42.8 Å². The van der Waals surface area contributed by atoms with E-state index in [1.807, 2.05) is 0 Å². The molecule has 1 aliphatic heterocycles. The molecule has 2 aromatic rings. The lowest BCUT2D eigenvalue weighted by molar-refractivity contribution is 0.102. The van der Waals surface area contributed by atoms with Gasteiger partial charge in [-0.2, -0.15) is 0 Å². The molecule has 1 fully saturated rings. The van der Waals surface area contributed by atoms with Gasteiger partial charge in [-0.3, -0.25) is 9.10 Å². The van der Waals surface area contributed by atoms with E-state index in [2.05, 4.69) is 10.3 Å². The second-order valence-electron chi connectivity index (χ2n) is 5.21. The molecular formula is C15H13Cl2N3O3S. The molecule has 6 nitrogen and oxygen atoms in total. The fraction of sp³-hybridized carbons (Fsp3) is 0.200. The number of pyridine rings is 1. The van der Waals surface area contributed by atoms with Gasteiger partial charge in [-0.1, -0.05) is 23.2 Å². The molecule has 1 aliphatic rings. The zero-order valence-corrected chi connectivity index (χ0v) is 14.7. The first kappa shape index (κ1) is 17.0. The largest absolute Gasteiger partial charge is 0.321 e. The molecule has 1 amide bonds. The van der Waals surface area contributed by atoms with E-state index in [1.165, 1.54) is 16.4 Å². The maximum atomic E-state index is 12.2. The van der Waals surface area contributed by atoms with Crippen molar-refractivity contribution in [1.29, 1.82) is 0 Å². The summed E-state index contributed by atoms with van der Waals surface area (Å²) in [6.07, 6.45) is 0.611. The SMILES string of the molecule is O=C(Nc1ccc(N2CCCS2(=O)=O)cc1)c1nc(Cl)ccc1Cl. The lowest BCUT2D eigenvalue weighted by Crippen LogP contribution is -2.25. The fourth-order valence-electron chi connectivity index (χ4n) is 2.41. The average Bonchev–Trinajstić information content (AvgIpc) is 2.90. The number of halogens is 2. The van der Waals surface area contributed by atoms with Crippen molar-refractivity contribution in [2.45, 2.75) is 6.42 Å². The number of nitrogens with zero attached hydrogens (tertiary/aromatic N) is 2. The highest BCUT2D eigenvalue weighted by molar-refractivity contribution is 7.93. The third kappa shape index (κ3) is 3.48. The van der Waals surface area contributed by atoms with Crippen LogP contribution in [0, 0.1) is 0 Å². The van der Waals surface area contributed by atoms with Crippen LogP contribution >= 0.6 is 23.2 Å². The van der Waals surface area contributed by atoms with Crippen LogP contribution in [0.2, 0.25) is 10.2 Å². The highest BCUT2D eigenvalue weighted by Crippen LogP contribution is 2.26. The number of hydrogen-bond donors (Lipinski definition) is 1. The first-order valence-electron chi connectivity index (χ1n) is 7.11. The summed E-state index contributed by atoms with van der Waals surface area (Å²) in [5, 5.41) is 3.01. The van der Waals surface area contributed by atoms with E-state index in [4.69, 9.17) is 23.2 Å². The van der Waals surface area contributed by atoms with Gasteiger partial charge in [0.25, 0.3) is 5.91 Å². The Labute approximate surface area is 149 Å². The summed E-state index contributed by atoms with van der Waals surface area (Å²) in [6.45, 7) is 0.468. The first-order chi connectivity index (χ1) is 11.4. The Kier molecular flexibility index (Phi) is 4.67. The van der Waals surface area contributed by atoms with E-state index in [0.717, 1.165) is 0 Å². The molecule has 24 heavy (non-hydrogen) atoms. The summed E-state index contributed by atoms with van der Waals surface area (Å²) in [5.41, 5.74) is 1.10. The topological polar surface area (TPSA) is 79.4 Å². The van der Waals surface area contributed by atoms with Crippen LogP contribution in [-0.2, 0) is 10.0 Å². The van der Waals surface area contributed by atoms with Gasteiger partial charge >= 0.3 is 0 Å². The second kappa shape index (κ2) is 6.58. The summed E-state index contributed by atoms with van der Waals surface area (Å²) in [7, 11) is -3.23. The molecule has 2 heterocycles. The van der Waals surface area contributed by atoms with E-state index in [0.29, 0.717) is 24.3 Å². The fourth-order valence-corrected chi connectivity index (χ4v) is 4.31. The minimum absolute atomic E-state index is 0.0235. The summed E-state index contributed by atoms with van der Waals surface area (Å²) >= 11 is 11.7. The summed E-state index contributed by atoms with van der Waals surface area (Å²) in [4.78, 5) is 16.1. The number of hydrogen-bond acceptors (Lipinski definition) is 4. The number of nitrogens with one attached hydrogen (secondary N) is 1. The Morgan fingerprint density at radius 3 is 2.46 bits per heavy atom. The third-order valence-electron chi connectivity index (χ3n) is 3.54. The minimum Gasteiger partial charge on any atom is -0.321 e. The van der Waals surface area contributed by atoms with Crippen LogP contribution in [0.15, 0.2) is 36.4 Å². The van der Waals surface area contributed by atoms with Gasteiger partial charge < -0.3 is 5.32 Å². The molecule has 0 aliphatic carbocycles. The Bertz CT molecular complexity index is 885. The molecule has 1 aromatic carbocycles. The van der Waals surface area contributed by atoms with E-state index in [9.17, 15) is 13.2 Å². The molecule has 9 heteroatoms. The smallest absolute Gasteiger partial charge is 0.275 e. The normalized spacial score (nSPS) is 16.2. The zero-order valence-electron chi connectivity index (χ0n) is 12.4. The maximum Gasteiger partial charge on any atom is 0.275 e. The van der Waals surface area contributed by atoms with Crippen molar-refractivity contribution in [3.05, 3.63) is 52.3 Å². The first-order valence-corrected chi connectivity index (χ1v) is 9.47. The molecule has 0 unspecified atom stereocenters. The van der Waals surface area contributed by atoms with Crippen LogP contribution in [-0.4, -0.2) is 31.6 Å². The van der Waals surface area contributed by atoms with Crippen LogP contribution in [0.4, 0.5) is 11.4 Å². The number of aromatic nitrogens is 1. The van der Waals surface area contributed by atoms with Crippen LogP contribution in [0.3, 0.4) is 0 Å². The minimum atomic E-state index is -3.23. The van der Waals surface area contributed by atoms with Crippen molar-refractivity contribution in [3.63, 3.8) is 0 Å². The molecule has 1 N–H and O–H groups in total. The predicted octanol–water partition coefficient (Wildman–Crippen LogP) is 3.18. The van der Waals surface area contributed by atoms with Gasteiger partial charge in [0.05, 0.1) is 16.5 Å². The molecule has 0 bridgehead atoms. The van der Waals surface area contributed by atoms with Crippen LogP contribution in [0.5, 0.6) is 0 Å². The van der Waals surface area contributed by atoms with Crippen molar-refractivity contribution in [2.75, 3.05) is 21.9 Å². The number of carbonyl (C=O) groups excluding carboxylic acids is 1. The zero-order chi connectivity index (χ0) is 17.3. The van der Waals surface area contributed by atoms with E-state index in [-0.39, 0.29) is 21.6 Å². The monoisotopic (exact) mass is 385 g/mol. The Morgan fingerprint density at radius 1 is 1.12 bits per heavy atom. The van der Waals surface area contributed by atoms with Crippen LogP contribution < -0.4 is 9.62 Å². The van der Waals surface area contributed by atoms with E-state index < -0.39 is 15.9 Å². The molecule has 0 radical (unpaired) electrons. The average molecular weight is 386 g/mol. The van der Waals surface area contributed by atoms with Gasteiger partial charge in [-0.15, -0.1) is 0 Å². The van der Waals surface area contributed by atoms with Crippen molar-refractivity contribution in [3.8, 4) is 0 Å². The predicted molar refractivity (Wildman–Crippen MR) is 94.4 cm³/mol.